The molecule has 0 radical (unpaired) electrons. The van der Waals surface area contributed by atoms with E-state index in [1.807, 2.05) is 37.7 Å². The largest absolute Gasteiger partial charge is 0.444 e. The van der Waals surface area contributed by atoms with Gasteiger partial charge in [-0.15, -0.1) is 0 Å². The lowest BCUT2D eigenvalue weighted by atomic mass is 10.3. The van der Waals surface area contributed by atoms with Crippen molar-refractivity contribution in [2.24, 2.45) is 7.05 Å². The first kappa shape index (κ1) is 12.4. The predicted octanol–water partition coefficient (Wildman–Crippen LogP) is 1.79. The zero-order chi connectivity index (χ0) is 13.1. The normalized spacial score (nSPS) is 10.6. The third-order valence-corrected chi connectivity index (χ3v) is 2.85. The molecule has 0 aliphatic carbocycles. The van der Waals surface area contributed by atoms with Gasteiger partial charge in [0.05, 0.1) is 12.2 Å². The minimum absolute atomic E-state index is 0.589. The molecule has 0 saturated heterocycles. The molecule has 0 amide bonds. The highest BCUT2D eigenvalue weighted by Crippen LogP contribution is 2.09. The van der Waals surface area contributed by atoms with Crippen LogP contribution < -0.4 is 5.32 Å². The molecule has 0 spiro atoms. The van der Waals surface area contributed by atoms with Crippen LogP contribution >= 0.6 is 0 Å². The second kappa shape index (κ2) is 5.07. The molecule has 0 aromatic carbocycles. The smallest absolute Gasteiger partial charge is 0.208 e. The molecule has 2 rings (SSSR count). The van der Waals surface area contributed by atoms with Gasteiger partial charge in [-0.2, -0.15) is 5.26 Å². The van der Waals surface area contributed by atoms with Crippen LogP contribution in [0.15, 0.2) is 16.7 Å². The quantitative estimate of drug-likeness (QED) is 0.890. The van der Waals surface area contributed by atoms with Crippen LogP contribution in [-0.4, -0.2) is 9.55 Å². The molecule has 0 aliphatic rings. The van der Waals surface area contributed by atoms with Gasteiger partial charge in [0, 0.05) is 19.8 Å². The van der Waals surface area contributed by atoms with Crippen molar-refractivity contribution in [3.63, 3.8) is 0 Å². The number of hydrogen-bond donors (Lipinski definition) is 1. The van der Waals surface area contributed by atoms with Gasteiger partial charge in [0.1, 0.15) is 17.5 Å². The number of nitrogens with zero attached hydrogens (tertiary/aromatic N) is 3. The third-order valence-electron chi connectivity index (χ3n) is 2.85. The second-order valence-corrected chi connectivity index (χ2v) is 4.31. The molecule has 2 heterocycles. The molecule has 0 saturated carbocycles. The summed E-state index contributed by atoms with van der Waals surface area (Å²) in [5.41, 5.74) is 2.67. The van der Waals surface area contributed by atoms with Gasteiger partial charge in [-0.1, -0.05) is 0 Å². The topological polar surface area (TPSA) is 66.8 Å². The lowest BCUT2D eigenvalue weighted by molar-refractivity contribution is 0.448. The van der Waals surface area contributed by atoms with E-state index in [9.17, 15) is 0 Å². The van der Waals surface area contributed by atoms with Gasteiger partial charge < -0.3 is 14.3 Å². The Hall–Kier alpha value is -2.06. The van der Waals surface area contributed by atoms with Crippen molar-refractivity contribution in [1.29, 1.82) is 5.26 Å². The maximum Gasteiger partial charge on any atom is 0.208 e. The van der Waals surface area contributed by atoms with E-state index in [1.165, 1.54) is 0 Å². The highest BCUT2D eigenvalue weighted by molar-refractivity contribution is 5.28. The van der Waals surface area contributed by atoms with Crippen LogP contribution in [0.5, 0.6) is 0 Å². The summed E-state index contributed by atoms with van der Waals surface area (Å²) in [4.78, 5) is 4.29. The van der Waals surface area contributed by atoms with Crippen LogP contribution in [-0.2, 0) is 20.1 Å². The van der Waals surface area contributed by atoms with Gasteiger partial charge in [0.15, 0.2) is 0 Å². The Morgan fingerprint density at radius 1 is 1.44 bits per heavy atom. The number of nitrogens with one attached hydrogen (secondary N) is 1. The van der Waals surface area contributed by atoms with Crippen LogP contribution in [0.2, 0.25) is 0 Å². The molecule has 5 heteroatoms. The van der Waals surface area contributed by atoms with E-state index in [0.29, 0.717) is 24.7 Å². The molecule has 0 unspecified atom stereocenters. The minimum Gasteiger partial charge on any atom is -0.444 e. The summed E-state index contributed by atoms with van der Waals surface area (Å²) >= 11 is 0. The van der Waals surface area contributed by atoms with Crippen molar-refractivity contribution in [3.05, 3.63) is 40.9 Å². The summed E-state index contributed by atoms with van der Waals surface area (Å²) in [6, 6.07) is 4.01. The Kier molecular flexibility index (Phi) is 3.49. The van der Waals surface area contributed by atoms with E-state index in [0.717, 1.165) is 17.0 Å². The van der Waals surface area contributed by atoms with Gasteiger partial charge in [-0.05, 0) is 25.5 Å². The number of aryl methyl sites for hydroxylation is 3. The number of rotatable bonds is 4. The predicted molar refractivity (Wildman–Crippen MR) is 66.6 cm³/mol. The number of oxazole rings is 1. The molecule has 0 bridgehead atoms. The first-order valence-electron chi connectivity index (χ1n) is 5.79. The van der Waals surface area contributed by atoms with E-state index in [4.69, 9.17) is 9.68 Å². The van der Waals surface area contributed by atoms with Crippen molar-refractivity contribution in [2.45, 2.75) is 26.9 Å². The van der Waals surface area contributed by atoms with Gasteiger partial charge in [-0.3, -0.25) is 0 Å². The Labute approximate surface area is 106 Å². The highest BCUT2D eigenvalue weighted by Gasteiger charge is 2.06. The van der Waals surface area contributed by atoms with Gasteiger partial charge in [0.25, 0.3) is 0 Å². The zero-order valence-electron chi connectivity index (χ0n) is 10.8. The van der Waals surface area contributed by atoms with Gasteiger partial charge in [-0.25, -0.2) is 4.98 Å². The van der Waals surface area contributed by atoms with Gasteiger partial charge >= 0.3 is 0 Å². The number of hydrogen-bond acceptors (Lipinski definition) is 4. The van der Waals surface area contributed by atoms with Crippen LogP contribution in [0, 0.1) is 25.2 Å². The average Bonchev–Trinajstić information content (AvgIpc) is 2.83. The summed E-state index contributed by atoms with van der Waals surface area (Å²) in [7, 11) is 1.86. The highest BCUT2D eigenvalue weighted by atomic mass is 16.4. The van der Waals surface area contributed by atoms with Crippen LogP contribution in [0.25, 0.3) is 0 Å². The molecule has 18 heavy (non-hydrogen) atoms. The maximum atomic E-state index is 8.85. The van der Waals surface area contributed by atoms with Crippen LogP contribution in [0.3, 0.4) is 0 Å². The molecule has 2 aromatic rings. The van der Waals surface area contributed by atoms with Gasteiger partial charge in [0.2, 0.25) is 5.89 Å². The summed E-state index contributed by atoms with van der Waals surface area (Å²) in [6.45, 7) is 5.11. The summed E-state index contributed by atoms with van der Waals surface area (Å²) in [5, 5.41) is 12.1. The van der Waals surface area contributed by atoms with E-state index in [2.05, 4.69) is 16.4 Å². The van der Waals surface area contributed by atoms with Crippen LogP contribution in [0.1, 0.15) is 28.6 Å². The zero-order valence-corrected chi connectivity index (χ0v) is 10.8. The minimum atomic E-state index is 0.589. The Morgan fingerprint density at radius 2 is 2.22 bits per heavy atom. The molecule has 0 fully saturated rings. The van der Waals surface area contributed by atoms with Crippen molar-refractivity contribution in [3.8, 4) is 6.07 Å². The molecule has 0 aliphatic heterocycles. The monoisotopic (exact) mass is 244 g/mol. The lowest BCUT2D eigenvalue weighted by Gasteiger charge is -1.98. The second-order valence-electron chi connectivity index (χ2n) is 4.31. The van der Waals surface area contributed by atoms with Crippen LogP contribution in [0.4, 0.5) is 0 Å². The first-order chi connectivity index (χ1) is 8.60. The maximum absolute atomic E-state index is 8.85. The Morgan fingerprint density at radius 3 is 2.78 bits per heavy atom. The van der Waals surface area contributed by atoms with E-state index >= 15 is 0 Å². The van der Waals surface area contributed by atoms with Crippen molar-refractivity contribution in [2.75, 3.05) is 0 Å². The number of aromatic nitrogens is 2. The first-order valence-corrected chi connectivity index (χ1v) is 5.79. The molecular formula is C13H16N4O. The van der Waals surface area contributed by atoms with Crippen molar-refractivity contribution < 1.29 is 4.42 Å². The molecule has 2 aromatic heterocycles. The fourth-order valence-corrected chi connectivity index (χ4v) is 1.77. The van der Waals surface area contributed by atoms with Crippen molar-refractivity contribution in [1.82, 2.24) is 14.9 Å². The average molecular weight is 244 g/mol. The lowest BCUT2D eigenvalue weighted by Crippen LogP contribution is -2.12. The molecule has 5 nitrogen and oxygen atoms in total. The molecule has 1 N–H and O–H groups in total. The molecular weight excluding hydrogens is 228 g/mol. The van der Waals surface area contributed by atoms with E-state index in [-0.39, 0.29) is 0 Å². The summed E-state index contributed by atoms with van der Waals surface area (Å²) < 4.78 is 7.29. The third kappa shape index (κ3) is 2.60. The van der Waals surface area contributed by atoms with Crippen molar-refractivity contribution >= 4 is 0 Å². The number of nitriles is 1. The standard InChI is InChI=1S/C13H16N4O/c1-9-10(2)18-13(16-9)7-15-6-11-4-12(5-14)17(3)8-11/h4,8,15H,6-7H2,1-3H3. The summed E-state index contributed by atoms with van der Waals surface area (Å²) in [6.07, 6.45) is 1.94. The Balaban J connectivity index is 1.90. The fourth-order valence-electron chi connectivity index (χ4n) is 1.77. The molecule has 0 atom stereocenters. The van der Waals surface area contributed by atoms with E-state index < -0.39 is 0 Å². The SMILES string of the molecule is Cc1nc(CNCc2cc(C#N)n(C)c2)oc1C. The fraction of sp³-hybridized carbons (Fsp3) is 0.385. The summed E-state index contributed by atoms with van der Waals surface area (Å²) in [5.74, 6) is 1.56. The van der Waals surface area contributed by atoms with E-state index in [1.54, 1.807) is 0 Å². The molecule has 94 valence electrons. The Bertz CT molecular complexity index is 569.